The van der Waals surface area contributed by atoms with Gasteiger partial charge in [-0.15, -0.1) is 11.3 Å². The third kappa shape index (κ3) is 4.95. The van der Waals surface area contributed by atoms with E-state index >= 15 is 0 Å². The van der Waals surface area contributed by atoms with Gasteiger partial charge in [-0.25, -0.2) is 0 Å². The highest BCUT2D eigenvalue weighted by atomic mass is 32.1. The van der Waals surface area contributed by atoms with Crippen LogP contribution in [0.2, 0.25) is 0 Å². The number of rotatable bonds is 6. The van der Waals surface area contributed by atoms with Gasteiger partial charge < -0.3 is 20.5 Å². The number of hydrogen-bond donors (Lipinski definition) is 3. The summed E-state index contributed by atoms with van der Waals surface area (Å²) in [5.41, 5.74) is 1.83. The smallest absolute Gasteiger partial charge is 0.266 e. The van der Waals surface area contributed by atoms with Gasteiger partial charge in [-0.05, 0) is 56.3 Å². The van der Waals surface area contributed by atoms with Gasteiger partial charge in [-0.3, -0.25) is 14.4 Å². The maximum atomic E-state index is 13.0. The molecule has 8 heteroatoms. The first-order valence-corrected chi connectivity index (χ1v) is 12.3. The van der Waals surface area contributed by atoms with Crippen molar-refractivity contribution in [3.05, 3.63) is 46.2 Å². The Balaban J connectivity index is 1.68. The summed E-state index contributed by atoms with van der Waals surface area (Å²) < 4.78 is 0. The Kier molecular flexibility index (Phi) is 6.83. The molecule has 0 unspecified atom stereocenters. The van der Waals surface area contributed by atoms with Crippen molar-refractivity contribution < 1.29 is 14.4 Å². The van der Waals surface area contributed by atoms with Crippen molar-refractivity contribution in [1.29, 1.82) is 0 Å². The van der Waals surface area contributed by atoms with Gasteiger partial charge in [0.15, 0.2) is 0 Å². The number of thiophene rings is 1. The van der Waals surface area contributed by atoms with E-state index in [9.17, 15) is 14.4 Å². The average Bonchev–Trinajstić information content (AvgIpc) is 3.45. The lowest BCUT2D eigenvalue weighted by Crippen LogP contribution is -2.33. The number of carbonyl (C=O) groups excluding carboxylic acids is 3. The summed E-state index contributed by atoms with van der Waals surface area (Å²) in [5.74, 6) is -0.00207. The van der Waals surface area contributed by atoms with Gasteiger partial charge in [0.25, 0.3) is 11.8 Å². The SMILES string of the molecule is CC(C)NC(=O)c1c(NC(=O)c2cccs2)[nH]c2cc(N(C)C(=O)C3CCCCC3)ccc12. The van der Waals surface area contributed by atoms with Crippen LogP contribution in [0.1, 0.15) is 66.0 Å². The van der Waals surface area contributed by atoms with Crippen LogP contribution in [0.15, 0.2) is 35.7 Å². The second kappa shape index (κ2) is 9.79. The van der Waals surface area contributed by atoms with Crippen molar-refractivity contribution in [3.8, 4) is 0 Å². The van der Waals surface area contributed by atoms with Gasteiger partial charge in [0.05, 0.1) is 10.4 Å². The number of fused-ring (bicyclic) bond motifs is 1. The Morgan fingerprint density at radius 2 is 1.85 bits per heavy atom. The predicted octanol–water partition coefficient (Wildman–Crippen LogP) is 5.16. The molecule has 174 valence electrons. The largest absolute Gasteiger partial charge is 0.350 e. The lowest BCUT2D eigenvalue weighted by molar-refractivity contribution is -0.123. The molecule has 2 aromatic heterocycles. The second-order valence-corrected chi connectivity index (χ2v) is 9.84. The molecule has 3 N–H and O–H groups in total. The fraction of sp³-hybridized carbons (Fsp3) is 0.400. The Hall–Kier alpha value is -3.13. The van der Waals surface area contributed by atoms with Crippen LogP contribution in [-0.4, -0.2) is 35.8 Å². The van der Waals surface area contributed by atoms with Gasteiger partial charge >= 0.3 is 0 Å². The highest BCUT2D eigenvalue weighted by molar-refractivity contribution is 7.12. The molecule has 1 fully saturated rings. The lowest BCUT2D eigenvalue weighted by atomic mass is 9.88. The highest BCUT2D eigenvalue weighted by Crippen LogP contribution is 2.32. The number of H-pyrrole nitrogens is 1. The van der Waals surface area contributed by atoms with Crippen LogP contribution >= 0.6 is 11.3 Å². The van der Waals surface area contributed by atoms with Gasteiger partial charge in [0, 0.05) is 35.6 Å². The third-order valence-corrected chi connectivity index (χ3v) is 6.95. The minimum absolute atomic E-state index is 0.0539. The molecule has 1 aliphatic carbocycles. The minimum atomic E-state index is -0.278. The zero-order chi connectivity index (χ0) is 23.5. The van der Waals surface area contributed by atoms with Gasteiger partial charge in [-0.2, -0.15) is 0 Å². The van der Waals surface area contributed by atoms with Gasteiger partial charge in [0.2, 0.25) is 5.91 Å². The molecule has 0 bridgehead atoms. The summed E-state index contributed by atoms with van der Waals surface area (Å²) >= 11 is 1.33. The molecule has 1 aliphatic rings. The van der Waals surface area contributed by atoms with Crippen molar-refractivity contribution in [2.45, 2.75) is 52.0 Å². The van der Waals surface area contributed by atoms with Crippen LogP contribution < -0.4 is 15.5 Å². The lowest BCUT2D eigenvalue weighted by Gasteiger charge is -2.26. The molecule has 7 nitrogen and oxygen atoms in total. The van der Waals surface area contributed by atoms with Crippen LogP contribution in [0.3, 0.4) is 0 Å². The molecular formula is C25H30N4O3S. The maximum Gasteiger partial charge on any atom is 0.266 e. The molecule has 3 amide bonds. The molecule has 0 spiro atoms. The number of nitrogens with zero attached hydrogens (tertiary/aromatic N) is 1. The first kappa shape index (κ1) is 23.0. The van der Waals surface area contributed by atoms with Crippen LogP contribution in [0.4, 0.5) is 11.5 Å². The van der Waals surface area contributed by atoms with Crippen molar-refractivity contribution in [2.24, 2.45) is 5.92 Å². The number of amides is 3. The first-order chi connectivity index (χ1) is 15.8. The Labute approximate surface area is 197 Å². The van der Waals surface area contributed by atoms with Crippen molar-refractivity contribution in [1.82, 2.24) is 10.3 Å². The van der Waals surface area contributed by atoms with Gasteiger partial charge in [-0.1, -0.05) is 25.3 Å². The summed E-state index contributed by atoms with van der Waals surface area (Å²) in [6.45, 7) is 3.78. The molecule has 1 aromatic carbocycles. The average molecular weight is 467 g/mol. The molecule has 4 rings (SSSR count). The van der Waals surface area contributed by atoms with Crippen LogP contribution in [0, 0.1) is 5.92 Å². The van der Waals surface area contributed by atoms with Gasteiger partial charge in [0.1, 0.15) is 5.82 Å². The monoisotopic (exact) mass is 466 g/mol. The number of benzene rings is 1. The summed E-state index contributed by atoms with van der Waals surface area (Å²) in [4.78, 5) is 44.2. The standard InChI is InChI=1S/C25H30N4O3S/c1-15(2)26-24(31)21-18-12-11-17(29(3)25(32)16-8-5-4-6-9-16)14-19(18)27-22(21)28-23(30)20-10-7-13-33-20/h7,10-16,27H,4-6,8-9H2,1-3H3,(H,26,31)(H,28,30). The fourth-order valence-electron chi connectivity index (χ4n) is 4.39. The molecule has 1 saturated carbocycles. The second-order valence-electron chi connectivity index (χ2n) is 8.90. The normalized spacial score (nSPS) is 14.4. The van der Waals surface area contributed by atoms with E-state index in [1.54, 1.807) is 18.0 Å². The summed E-state index contributed by atoms with van der Waals surface area (Å²) in [5, 5.41) is 8.29. The fourth-order valence-corrected chi connectivity index (χ4v) is 5.01. The number of aromatic nitrogens is 1. The Morgan fingerprint density at radius 3 is 2.52 bits per heavy atom. The van der Waals surface area contributed by atoms with Crippen molar-refractivity contribution in [2.75, 3.05) is 17.3 Å². The van der Waals surface area contributed by atoms with E-state index in [-0.39, 0.29) is 29.7 Å². The minimum Gasteiger partial charge on any atom is -0.350 e. The van der Waals surface area contributed by atoms with Crippen LogP contribution in [0.5, 0.6) is 0 Å². The summed E-state index contributed by atoms with van der Waals surface area (Å²) in [7, 11) is 1.80. The third-order valence-electron chi connectivity index (χ3n) is 6.08. The van der Waals surface area contributed by atoms with E-state index in [2.05, 4.69) is 15.6 Å². The molecule has 0 radical (unpaired) electrons. The topological polar surface area (TPSA) is 94.3 Å². The molecule has 0 aliphatic heterocycles. The maximum absolute atomic E-state index is 13.0. The molecule has 0 saturated heterocycles. The van der Waals surface area contributed by atoms with E-state index in [0.29, 0.717) is 27.2 Å². The number of aromatic amines is 1. The number of nitrogens with one attached hydrogen (secondary N) is 3. The number of carbonyl (C=O) groups is 3. The first-order valence-electron chi connectivity index (χ1n) is 11.4. The van der Waals surface area contributed by atoms with Crippen molar-refractivity contribution >= 4 is 51.5 Å². The van der Waals surface area contributed by atoms with Crippen LogP contribution in [0.25, 0.3) is 10.9 Å². The zero-order valence-corrected chi connectivity index (χ0v) is 20.1. The predicted molar refractivity (Wildman–Crippen MR) is 133 cm³/mol. The number of anilines is 2. The van der Waals surface area contributed by atoms with Crippen molar-refractivity contribution in [3.63, 3.8) is 0 Å². The molecule has 0 atom stereocenters. The van der Waals surface area contributed by atoms with E-state index in [1.807, 2.05) is 43.5 Å². The highest BCUT2D eigenvalue weighted by Gasteiger charge is 2.26. The Morgan fingerprint density at radius 1 is 1.09 bits per heavy atom. The van der Waals surface area contributed by atoms with E-state index in [1.165, 1.54) is 17.8 Å². The Bertz CT molecular complexity index is 1160. The van der Waals surface area contributed by atoms with Crippen LogP contribution in [-0.2, 0) is 4.79 Å². The van der Waals surface area contributed by atoms with E-state index < -0.39 is 0 Å². The van der Waals surface area contributed by atoms with E-state index in [4.69, 9.17) is 0 Å². The molecule has 2 heterocycles. The zero-order valence-electron chi connectivity index (χ0n) is 19.2. The quantitative estimate of drug-likeness (QED) is 0.468. The van der Waals surface area contributed by atoms with E-state index in [0.717, 1.165) is 31.4 Å². The molecule has 3 aromatic rings. The molecule has 33 heavy (non-hydrogen) atoms. The molecular weight excluding hydrogens is 436 g/mol. The summed E-state index contributed by atoms with van der Waals surface area (Å²) in [6, 6.07) is 9.05. The summed E-state index contributed by atoms with van der Waals surface area (Å²) in [6.07, 6.45) is 5.27. The number of hydrogen-bond acceptors (Lipinski definition) is 4.